The van der Waals surface area contributed by atoms with Crippen LogP contribution in [0.2, 0.25) is 5.02 Å². The SMILES string of the molecule is Cc1cc(N2C(=S)N[C@@H](c3ccccn3)[C@@H]2c2cccn2-c2ccc(Cl)cn2)ccc1NC(=O)C(C)C. The molecule has 4 heterocycles. The van der Waals surface area contributed by atoms with Crippen LogP contribution in [0.25, 0.3) is 5.82 Å². The van der Waals surface area contributed by atoms with E-state index in [9.17, 15) is 4.79 Å². The summed E-state index contributed by atoms with van der Waals surface area (Å²) in [5.41, 5.74) is 4.52. The van der Waals surface area contributed by atoms with E-state index >= 15 is 0 Å². The summed E-state index contributed by atoms with van der Waals surface area (Å²) < 4.78 is 2.05. The van der Waals surface area contributed by atoms with E-state index in [0.29, 0.717) is 10.1 Å². The molecule has 0 unspecified atom stereocenters. The smallest absolute Gasteiger partial charge is 0.226 e. The molecule has 3 aromatic heterocycles. The number of thiocarbonyl (C=S) groups is 1. The van der Waals surface area contributed by atoms with Gasteiger partial charge in [-0.15, -0.1) is 0 Å². The number of carbonyl (C=O) groups excluding carboxylic acids is 1. The van der Waals surface area contributed by atoms with Crippen molar-refractivity contribution >= 4 is 46.2 Å². The first kappa shape index (κ1) is 24.9. The van der Waals surface area contributed by atoms with Crippen molar-refractivity contribution in [2.45, 2.75) is 32.9 Å². The summed E-state index contributed by atoms with van der Waals surface area (Å²) >= 11 is 12.0. The first-order valence-electron chi connectivity index (χ1n) is 12.0. The van der Waals surface area contributed by atoms with Gasteiger partial charge < -0.3 is 20.1 Å². The number of anilines is 2. The van der Waals surface area contributed by atoms with E-state index in [2.05, 4.69) is 31.6 Å². The number of aryl methyl sites for hydroxylation is 1. The summed E-state index contributed by atoms with van der Waals surface area (Å²) in [6.45, 7) is 5.73. The van der Waals surface area contributed by atoms with Gasteiger partial charge in [-0.2, -0.15) is 0 Å². The number of carbonyl (C=O) groups is 1. The Morgan fingerprint density at radius 1 is 1.11 bits per heavy atom. The topological polar surface area (TPSA) is 75.1 Å². The van der Waals surface area contributed by atoms with Crippen molar-refractivity contribution in [3.63, 3.8) is 0 Å². The van der Waals surface area contributed by atoms with Crippen molar-refractivity contribution in [2.75, 3.05) is 10.2 Å². The molecule has 2 atom stereocenters. The second kappa shape index (κ2) is 10.3. The molecule has 5 rings (SSSR count). The zero-order valence-corrected chi connectivity index (χ0v) is 22.3. The fourth-order valence-corrected chi connectivity index (χ4v) is 4.96. The third-order valence-electron chi connectivity index (χ3n) is 6.41. The van der Waals surface area contributed by atoms with Gasteiger partial charge in [0.05, 0.1) is 16.8 Å². The average Bonchev–Trinajstić information content (AvgIpc) is 3.50. The number of rotatable bonds is 6. The first-order valence-corrected chi connectivity index (χ1v) is 12.8. The number of nitrogens with zero attached hydrogens (tertiary/aromatic N) is 4. The van der Waals surface area contributed by atoms with Gasteiger partial charge in [0.15, 0.2) is 5.11 Å². The lowest BCUT2D eigenvalue weighted by atomic mass is 10.0. The summed E-state index contributed by atoms with van der Waals surface area (Å²) in [7, 11) is 0. The molecule has 0 bridgehead atoms. The van der Waals surface area contributed by atoms with Crippen molar-refractivity contribution in [3.05, 3.63) is 101 Å². The molecule has 37 heavy (non-hydrogen) atoms. The molecule has 0 aliphatic carbocycles. The van der Waals surface area contributed by atoms with E-state index in [0.717, 1.165) is 34.1 Å². The molecule has 1 saturated heterocycles. The quantitative estimate of drug-likeness (QED) is 0.298. The molecule has 7 nitrogen and oxygen atoms in total. The fraction of sp³-hybridized carbons (Fsp3) is 0.214. The molecule has 4 aromatic rings. The van der Waals surface area contributed by atoms with Gasteiger partial charge in [-0.3, -0.25) is 9.78 Å². The molecule has 1 aromatic carbocycles. The Kier molecular flexibility index (Phi) is 6.95. The van der Waals surface area contributed by atoms with E-state index in [4.69, 9.17) is 23.8 Å². The highest BCUT2D eigenvalue weighted by atomic mass is 35.5. The number of hydrogen-bond donors (Lipinski definition) is 2. The van der Waals surface area contributed by atoms with Crippen LogP contribution in [0.5, 0.6) is 0 Å². The molecule has 1 aliphatic heterocycles. The Hall–Kier alpha value is -3.75. The van der Waals surface area contributed by atoms with Crippen LogP contribution in [0.4, 0.5) is 11.4 Å². The number of hydrogen-bond acceptors (Lipinski definition) is 4. The maximum atomic E-state index is 12.3. The number of benzene rings is 1. The largest absolute Gasteiger partial charge is 0.351 e. The maximum absolute atomic E-state index is 12.3. The Labute approximate surface area is 226 Å². The predicted molar refractivity (Wildman–Crippen MR) is 151 cm³/mol. The van der Waals surface area contributed by atoms with Crippen LogP contribution in [0, 0.1) is 12.8 Å². The standard InChI is InChI=1S/C28H27ClN6OS/c1-17(2)27(36)32-21-11-10-20(15-18(21)3)35-26(25(33-28(35)37)22-7-4-5-13-30-22)23-8-6-14-34(23)24-12-9-19(29)16-31-24/h4-17,25-26H,1-3H3,(H,32,36)(H,33,37)/t25-,26-/m0/s1. The van der Waals surface area contributed by atoms with Crippen molar-refractivity contribution in [1.82, 2.24) is 19.9 Å². The van der Waals surface area contributed by atoms with Crippen LogP contribution in [0.3, 0.4) is 0 Å². The van der Waals surface area contributed by atoms with Crippen LogP contribution in [0.1, 0.15) is 42.9 Å². The monoisotopic (exact) mass is 530 g/mol. The van der Waals surface area contributed by atoms with E-state index in [-0.39, 0.29) is 23.9 Å². The molecule has 9 heteroatoms. The minimum absolute atomic E-state index is 0.0180. The van der Waals surface area contributed by atoms with Gasteiger partial charge in [-0.25, -0.2) is 4.98 Å². The minimum atomic E-state index is -0.217. The third-order valence-corrected chi connectivity index (χ3v) is 6.95. The first-order chi connectivity index (χ1) is 17.8. The molecule has 2 N–H and O–H groups in total. The lowest BCUT2D eigenvalue weighted by Gasteiger charge is -2.29. The fourth-order valence-electron chi connectivity index (χ4n) is 4.50. The molecule has 0 saturated carbocycles. The summed E-state index contributed by atoms with van der Waals surface area (Å²) in [6, 6.07) is 19.2. The van der Waals surface area contributed by atoms with Crippen molar-refractivity contribution in [3.8, 4) is 5.82 Å². The molecule has 1 amide bonds. The van der Waals surface area contributed by atoms with Gasteiger partial charge >= 0.3 is 0 Å². The van der Waals surface area contributed by atoms with Crippen LogP contribution >= 0.6 is 23.8 Å². The van der Waals surface area contributed by atoms with Gasteiger partial charge in [0, 0.05) is 41.6 Å². The summed E-state index contributed by atoms with van der Waals surface area (Å²) in [4.78, 5) is 23.6. The van der Waals surface area contributed by atoms with Crippen LogP contribution in [0.15, 0.2) is 79.3 Å². The number of aromatic nitrogens is 3. The second-order valence-electron chi connectivity index (χ2n) is 9.28. The molecule has 1 fully saturated rings. The van der Waals surface area contributed by atoms with Gasteiger partial charge in [0.1, 0.15) is 11.9 Å². The Morgan fingerprint density at radius 3 is 2.62 bits per heavy atom. The third kappa shape index (κ3) is 4.95. The van der Waals surface area contributed by atoms with Crippen LogP contribution in [-0.2, 0) is 4.79 Å². The average molecular weight is 531 g/mol. The summed E-state index contributed by atoms with van der Waals surface area (Å²) in [6.07, 6.45) is 5.41. The molecular formula is C28H27ClN6OS. The number of halogens is 1. The van der Waals surface area contributed by atoms with E-state index in [1.165, 1.54) is 0 Å². The predicted octanol–water partition coefficient (Wildman–Crippen LogP) is 6.00. The van der Waals surface area contributed by atoms with Crippen molar-refractivity contribution in [1.29, 1.82) is 0 Å². The zero-order chi connectivity index (χ0) is 26.1. The highest BCUT2D eigenvalue weighted by Crippen LogP contribution is 2.42. The highest BCUT2D eigenvalue weighted by molar-refractivity contribution is 7.80. The van der Waals surface area contributed by atoms with E-state index < -0.39 is 0 Å². The molecule has 0 radical (unpaired) electrons. The van der Waals surface area contributed by atoms with Crippen molar-refractivity contribution in [2.24, 2.45) is 5.92 Å². The normalized spacial score (nSPS) is 17.2. The van der Waals surface area contributed by atoms with Gasteiger partial charge in [-0.1, -0.05) is 31.5 Å². The molecule has 0 spiro atoms. The Balaban J connectivity index is 1.59. The Morgan fingerprint density at radius 2 is 1.95 bits per heavy atom. The second-order valence-corrected chi connectivity index (χ2v) is 10.1. The van der Waals surface area contributed by atoms with Gasteiger partial charge in [-0.05, 0) is 79.3 Å². The molecular weight excluding hydrogens is 504 g/mol. The summed E-state index contributed by atoms with van der Waals surface area (Å²) in [5, 5.41) is 7.68. The van der Waals surface area contributed by atoms with Gasteiger partial charge in [0.25, 0.3) is 0 Å². The van der Waals surface area contributed by atoms with Crippen LogP contribution < -0.4 is 15.5 Å². The van der Waals surface area contributed by atoms with E-state index in [1.54, 1.807) is 12.4 Å². The molecule has 188 valence electrons. The number of nitrogens with one attached hydrogen (secondary N) is 2. The number of pyridine rings is 2. The summed E-state index contributed by atoms with van der Waals surface area (Å²) in [5.74, 6) is 0.632. The zero-order valence-electron chi connectivity index (χ0n) is 20.7. The van der Waals surface area contributed by atoms with E-state index in [1.807, 2.05) is 86.1 Å². The highest BCUT2D eigenvalue weighted by Gasteiger charge is 2.42. The minimum Gasteiger partial charge on any atom is -0.351 e. The number of amides is 1. The van der Waals surface area contributed by atoms with Crippen LogP contribution in [-0.4, -0.2) is 25.6 Å². The van der Waals surface area contributed by atoms with Gasteiger partial charge in [0.2, 0.25) is 5.91 Å². The lowest BCUT2D eigenvalue weighted by Crippen LogP contribution is -2.30. The Bertz CT molecular complexity index is 1440. The lowest BCUT2D eigenvalue weighted by molar-refractivity contribution is -0.118. The maximum Gasteiger partial charge on any atom is 0.226 e. The van der Waals surface area contributed by atoms with Crippen molar-refractivity contribution < 1.29 is 4.79 Å². The molecule has 1 aliphatic rings.